The van der Waals surface area contributed by atoms with E-state index in [-0.39, 0.29) is 11.9 Å². The first kappa shape index (κ1) is 15.0. The molecule has 0 aliphatic heterocycles. The van der Waals surface area contributed by atoms with Gasteiger partial charge in [0, 0.05) is 17.8 Å². The van der Waals surface area contributed by atoms with Gasteiger partial charge in [-0.15, -0.1) is 0 Å². The van der Waals surface area contributed by atoms with E-state index in [2.05, 4.69) is 10.2 Å². The molecule has 1 fully saturated rings. The minimum Gasteiger partial charge on any atom is -0.328 e. The number of carbonyl (C=O) groups excluding carboxylic acids is 1. The number of hydrogen-bond donors (Lipinski definition) is 2. The third-order valence-electron chi connectivity index (χ3n) is 4.35. The molecule has 0 heterocycles. The van der Waals surface area contributed by atoms with E-state index in [1.807, 2.05) is 44.3 Å². The molecule has 0 saturated heterocycles. The number of amides is 1. The number of nitrogens with zero attached hydrogens (tertiary/aromatic N) is 1. The number of para-hydroxylation sites is 1. The molecule has 3 N–H and O–H groups in total. The van der Waals surface area contributed by atoms with Crippen LogP contribution in [0.25, 0.3) is 0 Å². The molecule has 0 aromatic heterocycles. The van der Waals surface area contributed by atoms with Gasteiger partial charge in [0.05, 0.1) is 6.04 Å². The van der Waals surface area contributed by atoms with Crippen molar-refractivity contribution in [3.8, 4) is 0 Å². The smallest absolute Gasteiger partial charge is 0.241 e. The summed E-state index contributed by atoms with van der Waals surface area (Å²) in [6.45, 7) is 1.97. The Balaban J connectivity index is 1.89. The molecule has 1 amide bonds. The minimum absolute atomic E-state index is 0.0496. The van der Waals surface area contributed by atoms with Gasteiger partial charge < -0.3 is 11.1 Å². The highest BCUT2D eigenvalue weighted by molar-refractivity contribution is 5.94. The highest BCUT2D eigenvalue weighted by Gasteiger charge is 2.27. The maximum Gasteiger partial charge on any atom is 0.241 e. The lowest BCUT2D eigenvalue weighted by Crippen LogP contribution is -2.47. The van der Waals surface area contributed by atoms with Crippen molar-refractivity contribution in [3.63, 3.8) is 0 Å². The highest BCUT2D eigenvalue weighted by atomic mass is 16.2. The number of carbonyl (C=O) groups is 1. The lowest BCUT2D eigenvalue weighted by Gasteiger charge is -2.36. The number of benzene rings is 1. The van der Waals surface area contributed by atoms with E-state index in [4.69, 9.17) is 5.73 Å². The van der Waals surface area contributed by atoms with E-state index in [9.17, 15) is 4.79 Å². The number of anilines is 1. The zero-order chi connectivity index (χ0) is 14.5. The molecule has 1 unspecified atom stereocenters. The van der Waals surface area contributed by atoms with Gasteiger partial charge in [-0.1, -0.05) is 18.2 Å². The van der Waals surface area contributed by atoms with Crippen LogP contribution in [0.4, 0.5) is 5.69 Å². The lowest BCUT2D eigenvalue weighted by atomic mass is 9.90. The van der Waals surface area contributed by atoms with E-state index in [0.717, 1.165) is 31.4 Å². The fourth-order valence-electron chi connectivity index (χ4n) is 2.78. The second-order valence-electron chi connectivity index (χ2n) is 5.77. The Bertz CT molecular complexity index is 427. The standard InChI is InChI=1S/C16H25N3O/c1-12(16(20)18-14-6-4-3-5-7-14)19(2)15-10-8-13(17)9-11-15/h3-7,12-13,15H,8-11,17H2,1-2H3,(H,18,20). The number of nitrogens with two attached hydrogens (primary N) is 1. The summed E-state index contributed by atoms with van der Waals surface area (Å²) in [5, 5.41) is 2.97. The van der Waals surface area contributed by atoms with Crippen LogP contribution in [0.15, 0.2) is 30.3 Å². The summed E-state index contributed by atoms with van der Waals surface area (Å²) in [6.07, 6.45) is 4.28. The first-order valence-corrected chi connectivity index (χ1v) is 7.41. The van der Waals surface area contributed by atoms with Gasteiger partial charge in [-0.25, -0.2) is 0 Å². The Hall–Kier alpha value is -1.39. The van der Waals surface area contributed by atoms with Gasteiger partial charge in [0.25, 0.3) is 0 Å². The summed E-state index contributed by atoms with van der Waals surface area (Å²) in [5.74, 6) is 0.0496. The van der Waals surface area contributed by atoms with E-state index in [1.165, 1.54) is 0 Å². The molecule has 0 spiro atoms. The molecule has 1 aromatic carbocycles. The maximum absolute atomic E-state index is 12.3. The van der Waals surface area contributed by atoms with Crippen molar-refractivity contribution in [3.05, 3.63) is 30.3 Å². The van der Waals surface area contributed by atoms with Crippen LogP contribution in [0.2, 0.25) is 0 Å². The van der Waals surface area contributed by atoms with Gasteiger partial charge in [-0.3, -0.25) is 9.69 Å². The van der Waals surface area contributed by atoms with Crippen LogP contribution < -0.4 is 11.1 Å². The summed E-state index contributed by atoms with van der Waals surface area (Å²) in [6, 6.07) is 10.3. The number of likely N-dealkylation sites (N-methyl/N-ethyl adjacent to an activating group) is 1. The zero-order valence-corrected chi connectivity index (χ0v) is 12.4. The topological polar surface area (TPSA) is 58.4 Å². The maximum atomic E-state index is 12.3. The molecule has 20 heavy (non-hydrogen) atoms. The molecule has 0 bridgehead atoms. The number of nitrogens with one attached hydrogen (secondary N) is 1. The van der Waals surface area contributed by atoms with Crippen molar-refractivity contribution < 1.29 is 4.79 Å². The monoisotopic (exact) mass is 275 g/mol. The van der Waals surface area contributed by atoms with Crippen LogP contribution >= 0.6 is 0 Å². The van der Waals surface area contributed by atoms with Crippen LogP contribution in [-0.4, -0.2) is 36.0 Å². The van der Waals surface area contributed by atoms with Gasteiger partial charge >= 0.3 is 0 Å². The first-order valence-electron chi connectivity index (χ1n) is 7.41. The van der Waals surface area contributed by atoms with Crippen LogP contribution in [0.3, 0.4) is 0 Å². The lowest BCUT2D eigenvalue weighted by molar-refractivity contribution is -0.121. The third kappa shape index (κ3) is 3.81. The molecule has 4 nitrogen and oxygen atoms in total. The highest BCUT2D eigenvalue weighted by Crippen LogP contribution is 2.23. The van der Waals surface area contributed by atoms with Gasteiger partial charge in [0.15, 0.2) is 0 Å². The Labute approximate surface area is 121 Å². The third-order valence-corrected chi connectivity index (χ3v) is 4.35. The SMILES string of the molecule is CC(C(=O)Nc1ccccc1)N(C)C1CCC(N)CC1. The summed E-state index contributed by atoms with van der Waals surface area (Å²) in [4.78, 5) is 14.5. The molecule has 1 aliphatic carbocycles. The summed E-state index contributed by atoms with van der Waals surface area (Å²) in [5.41, 5.74) is 6.79. The molecule has 0 radical (unpaired) electrons. The molecule has 1 saturated carbocycles. The predicted octanol–water partition coefficient (Wildman–Crippen LogP) is 2.22. The largest absolute Gasteiger partial charge is 0.328 e. The Morgan fingerprint density at radius 3 is 2.45 bits per heavy atom. The van der Waals surface area contributed by atoms with Crippen molar-refractivity contribution in [2.75, 3.05) is 12.4 Å². The van der Waals surface area contributed by atoms with E-state index in [1.54, 1.807) is 0 Å². The molecule has 4 heteroatoms. The molecular formula is C16H25N3O. The summed E-state index contributed by atoms with van der Waals surface area (Å²) in [7, 11) is 2.04. The Kier molecular flexibility index (Phi) is 5.15. The second-order valence-corrected chi connectivity index (χ2v) is 5.77. The van der Waals surface area contributed by atoms with E-state index >= 15 is 0 Å². The summed E-state index contributed by atoms with van der Waals surface area (Å²) >= 11 is 0. The predicted molar refractivity (Wildman–Crippen MR) is 82.5 cm³/mol. The molecule has 2 rings (SSSR count). The van der Waals surface area contributed by atoms with Gasteiger partial charge in [-0.2, -0.15) is 0 Å². The van der Waals surface area contributed by atoms with Crippen LogP contribution in [0.1, 0.15) is 32.6 Å². The van der Waals surface area contributed by atoms with Crippen molar-refractivity contribution >= 4 is 11.6 Å². The van der Waals surface area contributed by atoms with Crippen molar-refractivity contribution in [1.82, 2.24) is 4.90 Å². The van der Waals surface area contributed by atoms with E-state index < -0.39 is 0 Å². The van der Waals surface area contributed by atoms with Crippen LogP contribution in [-0.2, 0) is 4.79 Å². The molecular weight excluding hydrogens is 250 g/mol. The molecule has 1 aliphatic rings. The number of rotatable bonds is 4. The van der Waals surface area contributed by atoms with E-state index in [0.29, 0.717) is 12.1 Å². The molecule has 1 atom stereocenters. The quantitative estimate of drug-likeness (QED) is 0.886. The normalized spacial score (nSPS) is 24.4. The van der Waals surface area contributed by atoms with Crippen LogP contribution in [0.5, 0.6) is 0 Å². The Morgan fingerprint density at radius 1 is 1.25 bits per heavy atom. The summed E-state index contributed by atoms with van der Waals surface area (Å²) < 4.78 is 0. The van der Waals surface area contributed by atoms with Crippen molar-refractivity contribution in [1.29, 1.82) is 0 Å². The fraction of sp³-hybridized carbons (Fsp3) is 0.562. The average Bonchev–Trinajstić information content (AvgIpc) is 2.47. The van der Waals surface area contributed by atoms with Gasteiger partial charge in [0.1, 0.15) is 0 Å². The van der Waals surface area contributed by atoms with Gasteiger partial charge in [0.2, 0.25) is 5.91 Å². The van der Waals surface area contributed by atoms with Crippen molar-refractivity contribution in [2.45, 2.75) is 50.7 Å². The zero-order valence-electron chi connectivity index (χ0n) is 12.4. The molecule has 110 valence electrons. The first-order chi connectivity index (χ1) is 9.58. The van der Waals surface area contributed by atoms with Crippen molar-refractivity contribution in [2.24, 2.45) is 5.73 Å². The second kappa shape index (κ2) is 6.86. The molecule has 1 aromatic rings. The van der Waals surface area contributed by atoms with Crippen LogP contribution in [0, 0.1) is 0 Å². The minimum atomic E-state index is -0.130. The number of hydrogen-bond acceptors (Lipinski definition) is 3. The Morgan fingerprint density at radius 2 is 1.85 bits per heavy atom. The van der Waals surface area contributed by atoms with Gasteiger partial charge in [-0.05, 0) is 51.8 Å². The average molecular weight is 275 g/mol. The fourth-order valence-corrected chi connectivity index (χ4v) is 2.78.